The van der Waals surface area contributed by atoms with Crippen molar-refractivity contribution in [3.63, 3.8) is 0 Å². The summed E-state index contributed by atoms with van der Waals surface area (Å²) in [5.74, 6) is 0.449. The largest absolute Gasteiger partial charge is 0.474 e. The van der Waals surface area contributed by atoms with E-state index in [2.05, 4.69) is 60.8 Å². The molecule has 3 amide bonds. The molecule has 0 radical (unpaired) electrons. The molecule has 0 bridgehead atoms. The van der Waals surface area contributed by atoms with Gasteiger partial charge in [0.1, 0.15) is 11.8 Å². The number of rotatable bonds is 11. The maximum Gasteiger partial charge on any atom is 0.274 e. The summed E-state index contributed by atoms with van der Waals surface area (Å²) in [4.78, 5) is 47.6. The number of hydrogen-bond acceptors (Lipinski definition) is 10. The average molecular weight is 745 g/mol. The van der Waals surface area contributed by atoms with Crippen molar-refractivity contribution in [2.75, 3.05) is 35.7 Å². The Hall–Kier alpha value is -5.53. The van der Waals surface area contributed by atoms with Crippen molar-refractivity contribution in [3.8, 4) is 17.0 Å². The molecule has 2 aliphatic heterocycles. The van der Waals surface area contributed by atoms with Crippen molar-refractivity contribution >= 4 is 40.6 Å². The molecular weight excluding hydrogens is 697 g/mol. The van der Waals surface area contributed by atoms with Crippen LogP contribution in [0.2, 0.25) is 0 Å². The van der Waals surface area contributed by atoms with E-state index in [0.29, 0.717) is 23.1 Å². The number of aromatic nitrogens is 5. The highest BCUT2D eigenvalue weighted by atomic mass is 16.5. The molecule has 14 heteroatoms. The molecule has 14 nitrogen and oxygen atoms in total. The van der Waals surface area contributed by atoms with Gasteiger partial charge >= 0.3 is 0 Å². The van der Waals surface area contributed by atoms with Crippen LogP contribution in [0.1, 0.15) is 116 Å². The van der Waals surface area contributed by atoms with Crippen LogP contribution in [0.15, 0.2) is 48.7 Å². The molecule has 286 valence electrons. The molecule has 1 unspecified atom stereocenters. The van der Waals surface area contributed by atoms with Crippen molar-refractivity contribution in [2.45, 2.75) is 102 Å². The van der Waals surface area contributed by atoms with Gasteiger partial charge in [-0.1, -0.05) is 25.1 Å². The number of nitrogens with zero attached hydrogens (tertiary/aromatic N) is 7. The fourth-order valence-corrected chi connectivity index (χ4v) is 8.43. The van der Waals surface area contributed by atoms with E-state index in [1.807, 2.05) is 35.4 Å². The minimum absolute atomic E-state index is 0.00725. The van der Waals surface area contributed by atoms with Gasteiger partial charge in [-0.25, -0.2) is 4.98 Å². The SMILES string of the molecule is CCC1c2c(cnn2C2CCC(Oc3cccc(C(=O)N4CCCC4)n3)CC2)-c2cccc(Nc3cc(NC(=O)C4CC4)nnc3C(=O)NC3CC3)c2N1C. The molecule has 9 rings (SSSR count). The zero-order valence-corrected chi connectivity index (χ0v) is 31.5. The van der Waals surface area contributed by atoms with Gasteiger partial charge in [0.25, 0.3) is 11.8 Å². The fraction of sp³-hybridized carbons (Fsp3) is 0.488. The molecule has 0 spiro atoms. The quantitative estimate of drug-likeness (QED) is 0.157. The van der Waals surface area contributed by atoms with Crippen LogP contribution in [0.25, 0.3) is 11.1 Å². The highest BCUT2D eigenvalue weighted by Crippen LogP contribution is 2.50. The number of pyridine rings is 1. The van der Waals surface area contributed by atoms with Crippen LogP contribution in [0.5, 0.6) is 5.88 Å². The van der Waals surface area contributed by atoms with E-state index >= 15 is 0 Å². The molecule has 3 aromatic heterocycles. The zero-order chi connectivity index (χ0) is 37.6. The average Bonchev–Trinajstić information content (AvgIpc) is 4.11. The second-order valence-electron chi connectivity index (χ2n) is 15.7. The summed E-state index contributed by atoms with van der Waals surface area (Å²) < 4.78 is 8.60. The van der Waals surface area contributed by atoms with Gasteiger partial charge in [-0.05, 0) is 82.8 Å². The molecule has 3 saturated carbocycles. The summed E-state index contributed by atoms with van der Waals surface area (Å²) in [6.45, 7) is 3.78. The molecule has 4 aromatic rings. The van der Waals surface area contributed by atoms with Gasteiger partial charge in [0, 0.05) is 55.4 Å². The lowest BCUT2D eigenvalue weighted by Crippen LogP contribution is -2.33. The Balaban J connectivity index is 0.945. The third-order valence-electron chi connectivity index (χ3n) is 11.7. The summed E-state index contributed by atoms with van der Waals surface area (Å²) in [5.41, 5.74) is 6.30. The standard InChI is InChI=1S/C41H48N10O4/c1-3-33-38-29(23-42-51(38)26-16-18-27(19-17-26)55-35-11-7-10-31(45-35)41(54)50-20-4-5-21-50)28-8-6-9-30(37(28)49(33)2)44-32-22-34(46-39(52)24-12-13-24)47-48-36(32)40(53)43-25-14-15-25/h6-11,22-27,33H,3-5,12-21H2,1-2H3,(H,43,53)(H2,44,46,47,52). The van der Waals surface area contributed by atoms with E-state index in [-0.39, 0.29) is 53.6 Å². The van der Waals surface area contributed by atoms with Gasteiger partial charge in [-0.15, -0.1) is 10.2 Å². The minimum Gasteiger partial charge on any atom is -0.474 e. The Bertz CT molecular complexity index is 2110. The van der Waals surface area contributed by atoms with Crippen LogP contribution >= 0.6 is 0 Å². The summed E-state index contributed by atoms with van der Waals surface area (Å²) in [6.07, 6.45) is 12.2. The van der Waals surface area contributed by atoms with Crippen LogP contribution in [0.4, 0.5) is 22.9 Å². The van der Waals surface area contributed by atoms with Crippen LogP contribution < -0.4 is 25.6 Å². The van der Waals surface area contributed by atoms with Gasteiger partial charge in [0.05, 0.1) is 41.0 Å². The third kappa shape index (κ3) is 7.09. The Morgan fingerprint density at radius 2 is 1.67 bits per heavy atom. The van der Waals surface area contributed by atoms with E-state index in [9.17, 15) is 14.4 Å². The lowest BCUT2D eigenvalue weighted by atomic mass is 9.89. The number of benzene rings is 1. The minimum atomic E-state index is -0.289. The molecule has 5 heterocycles. The Morgan fingerprint density at radius 3 is 2.42 bits per heavy atom. The number of carbonyl (C=O) groups excluding carboxylic acids is 3. The fourth-order valence-electron chi connectivity index (χ4n) is 8.43. The zero-order valence-electron chi connectivity index (χ0n) is 31.5. The van der Waals surface area contributed by atoms with E-state index in [1.54, 1.807) is 12.1 Å². The third-order valence-corrected chi connectivity index (χ3v) is 11.7. The maximum absolute atomic E-state index is 13.3. The predicted octanol–water partition coefficient (Wildman–Crippen LogP) is 6.42. The van der Waals surface area contributed by atoms with E-state index in [4.69, 9.17) is 9.84 Å². The number of hydrogen-bond donors (Lipinski definition) is 3. The second kappa shape index (κ2) is 14.6. The molecule has 5 aliphatic rings. The normalized spacial score (nSPS) is 21.7. The van der Waals surface area contributed by atoms with Gasteiger partial charge < -0.3 is 30.5 Å². The molecule has 1 aromatic carbocycles. The number of anilines is 4. The number of ether oxygens (including phenoxy) is 1. The first-order valence-electron chi connectivity index (χ1n) is 20.0. The van der Waals surface area contributed by atoms with Crippen molar-refractivity contribution < 1.29 is 19.1 Å². The maximum atomic E-state index is 13.3. The summed E-state index contributed by atoms with van der Waals surface area (Å²) in [5, 5.41) is 23.0. The van der Waals surface area contributed by atoms with Crippen LogP contribution in [-0.2, 0) is 4.79 Å². The Kier molecular flexibility index (Phi) is 9.35. The van der Waals surface area contributed by atoms with E-state index < -0.39 is 0 Å². The van der Waals surface area contributed by atoms with Crippen molar-refractivity contribution in [3.05, 3.63) is 65.7 Å². The molecule has 1 saturated heterocycles. The Morgan fingerprint density at radius 1 is 0.891 bits per heavy atom. The van der Waals surface area contributed by atoms with Crippen LogP contribution in [0, 0.1) is 5.92 Å². The number of nitrogens with one attached hydrogen (secondary N) is 3. The van der Waals surface area contributed by atoms with Crippen LogP contribution in [0.3, 0.4) is 0 Å². The van der Waals surface area contributed by atoms with Crippen molar-refractivity contribution in [1.29, 1.82) is 0 Å². The van der Waals surface area contributed by atoms with Gasteiger partial charge in [0.2, 0.25) is 11.8 Å². The second-order valence-corrected chi connectivity index (χ2v) is 15.7. The topological polar surface area (TPSA) is 160 Å². The number of carbonyl (C=O) groups is 3. The van der Waals surface area contributed by atoms with E-state index in [0.717, 1.165) is 106 Å². The molecule has 55 heavy (non-hydrogen) atoms. The number of likely N-dealkylation sites (tertiary alicyclic amines) is 1. The van der Waals surface area contributed by atoms with Crippen molar-refractivity contribution in [2.24, 2.45) is 5.92 Å². The lowest BCUT2D eigenvalue weighted by molar-refractivity contribution is -0.117. The number of para-hydroxylation sites is 1. The summed E-state index contributed by atoms with van der Waals surface area (Å²) in [7, 11) is 2.12. The summed E-state index contributed by atoms with van der Waals surface area (Å²) in [6, 6.07) is 13.8. The lowest BCUT2D eigenvalue weighted by Gasteiger charge is -2.39. The molecular formula is C41H48N10O4. The highest BCUT2D eigenvalue weighted by Gasteiger charge is 2.37. The van der Waals surface area contributed by atoms with Crippen molar-refractivity contribution in [1.82, 2.24) is 35.2 Å². The monoisotopic (exact) mass is 744 g/mol. The van der Waals surface area contributed by atoms with Gasteiger partial charge in [-0.3, -0.25) is 19.1 Å². The number of amides is 3. The first kappa shape index (κ1) is 35.2. The first-order chi connectivity index (χ1) is 26.8. The van der Waals surface area contributed by atoms with Gasteiger partial charge in [-0.2, -0.15) is 5.10 Å². The van der Waals surface area contributed by atoms with Crippen LogP contribution in [-0.4, -0.2) is 79.9 Å². The smallest absolute Gasteiger partial charge is 0.274 e. The molecule has 3 aliphatic carbocycles. The molecule has 1 atom stereocenters. The van der Waals surface area contributed by atoms with Gasteiger partial charge in [0.15, 0.2) is 11.5 Å². The molecule has 4 fully saturated rings. The molecule has 3 N–H and O–H groups in total. The first-order valence-corrected chi connectivity index (χ1v) is 20.0. The predicted molar refractivity (Wildman–Crippen MR) is 208 cm³/mol. The van der Waals surface area contributed by atoms with E-state index in [1.165, 1.54) is 5.69 Å². The number of fused-ring (bicyclic) bond motifs is 3. The Labute approximate surface area is 320 Å². The highest BCUT2D eigenvalue weighted by molar-refractivity contribution is 6.01. The summed E-state index contributed by atoms with van der Waals surface area (Å²) >= 11 is 0.